The minimum Gasteiger partial charge on any atom is -0.456 e. The second-order valence-electron chi connectivity index (χ2n) is 6.36. The van der Waals surface area contributed by atoms with Crippen LogP contribution in [0.3, 0.4) is 0 Å². The predicted octanol–water partition coefficient (Wildman–Crippen LogP) is 7.68. The topological polar surface area (TPSA) is 13.1 Å². The standard InChI is InChI=1S/C24H15BrO/c25-18-11-9-16(10-12-18)23-13-14-24(26-23)22-15-17-5-1-2-6-19(17)20-7-3-4-8-21(20)22/h1-15H. The first-order valence-corrected chi connectivity index (χ1v) is 9.35. The molecule has 0 atom stereocenters. The molecule has 0 bridgehead atoms. The Labute approximate surface area is 160 Å². The van der Waals surface area contributed by atoms with Crippen LogP contribution in [0.1, 0.15) is 0 Å². The number of halogens is 1. The van der Waals surface area contributed by atoms with Gasteiger partial charge in [0.05, 0.1) is 0 Å². The maximum absolute atomic E-state index is 6.24. The quantitative estimate of drug-likeness (QED) is 0.278. The first-order valence-electron chi connectivity index (χ1n) is 8.56. The van der Waals surface area contributed by atoms with Crippen LogP contribution >= 0.6 is 15.9 Å². The fourth-order valence-electron chi connectivity index (χ4n) is 3.51. The molecule has 1 heterocycles. The van der Waals surface area contributed by atoms with Crippen LogP contribution in [0.15, 0.2) is 99.9 Å². The summed E-state index contributed by atoms with van der Waals surface area (Å²) in [6, 6.07) is 31.5. The van der Waals surface area contributed by atoms with E-state index >= 15 is 0 Å². The lowest BCUT2D eigenvalue weighted by Gasteiger charge is -2.09. The highest BCUT2D eigenvalue weighted by atomic mass is 79.9. The van der Waals surface area contributed by atoms with E-state index in [1.54, 1.807) is 0 Å². The Hall–Kier alpha value is -2.84. The van der Waals surface area contributed by atoms with Crippen molar-refractivity contribution >= 4 is 37.5 Å². The molecule has 0 saturated carbocycles. The first-order chi connectivity index (χ1) is 12.8. The molecule has 5 aromatic rings. The van der Waals surface area contributed by atoms with Gasteiger partial charge in [-0.05, 0) is 51.9 Å². The van der Waals surface area contributed by atoms with Crippen molar-refractivity contribution in [3.8, 4) is 22.6 Å². The Morgan fingerprint density at radius 2 is 1.23 bits per heavy atom. The van der Waals surface area contributed by atoms with Crippen molar-refractivity contribution in [2.24, 2.45) is 0 Å². The third kappa shape index (κ3) is 2.54. The fraction of sp³-hybridized carbons (Fsp3) is 0. The first kappa shape index (κ1) is 15.4. The molecule has 0 N–H and O–H groups in total. The summed E-state index contributed by atoms with van der Waals surface area (Å²) in [4.78, 5) is 0. The molecule has 0 spiro atoms. The van der Waals surface area contributed by atoms with E-state index in [0.29, 0.717) is 0 Å². The Balaban J connectivity index is 1.72. The van der Waals surface area contributed by atoms with Crippen molar-refractivity contribution in [1.29, 1.82) is 0 Å². The molecule has 0 saturated heterocycles. The average molecular weight is 399 g/mol. The summed E-state index contributed by atoms with van der Waals surface area (Å²) in [7, 11) is 0. The van der Waals surface area contributed by atoms with E-state index in [9.17, 15) is 0 Å². The van der Waals surface area contributed by atoms with Gasteiger partial charge in [0.25, 0.3) is 0 Å². The van der Waals surface area contributed by atoms with Crippen LogP contribution in [-0.2, 0) is 0 Å². The van der Waals surface area contributed by atoms with Gasteiger partial charge in [-0.15, -0.1) is 0 Å². The number of benzene rings is 4. The van der Waals surface area contributed by atoms with Gasteiger partial charge in [0, 0.05) is 15.6 Å². The molecule has 0 unspecified atom stereocenters. The van der Waals surface area contributed by atoms with Crippen LogP contribution in [0.25, 0.3) is 44.2 Å². The Kier molecular flexibility index (Phi) is 3.65. The van der Waals surface area contributed by atoms with Gasteiger partial charge in [-0.2, -0.15) is 0 Å². The lowest BCUT2D eigenvalue weighted by molar-refractivity contribution is 0.598. The molecule has 124 valence electrons. The average Bonchev–Trinajstić information content (AvgIpc) is 3.18. The molecule has 5 rings (SSSR count). The summed E-state index contributed by atoms with van der Waals surface area (Å²) >= 11 is 3.48. The van der Waals surface area contributed by atoms with Crippen molar-refractivity contribution in [2.45, 2.75) is 0 Å². The molecule has 26 heavy (non-hydrogen) atoms. The maximum Gasteiger partial charge on any atom is 0.135 e. The third-order valence-corrected chi connectivity index (χ3v) is 5.30. The van der Waals surface area contributed by atoms with Crippen LogP contribution in [-0.4, -0.2) is 0 Å². The largest absolute Gasteiger partial charge is 0.456 e. The van der Waals surface area contributed by atoms with E-state index in [1.807, 2.05) is 18.2 Å². The molecule has 2 heteroatoms. The summed E-state index contributed by atoms with van der Waals surface area (Å²) in [6.45, 7) is 0. The molecule has 0 aliphatic carbocycles. The summed E-state index contributed by atoms with van der Waals surface area (Å²) in [5.74, 6) is 1.77. The monoisotopic (exact) mass is 398 g/mol. The van der Waals surface area contributed by atoms with Crippen LogP contribution < -0.4 is 0 Å². The summed E-state index contributed by atoms with van der Waals surface area (Å²) in [6.07, 6.45) is 0. The smallest absolute Gasteiger partial charge is 0.135 e. The lowest BCUT2D eigenvalue weighted by Crippen LogP contribution is -1.82. The summed E-state index contributed by atoms with van der Waals surface area (Å²) in [5, 5.41) is 4.96. The van der Waals surface area contributed by atoms with Gasteiger partial charge >= 0.3 is 0 Å². The zero-order chi connectivity index (χ0) is 17.5. The Bertz CT molecular complexity index is 1230. The Morgan fingerprint density at radius 3 is 2.04 bits per heavy atom. The fourth-order valence-corrected chi connectivity index (χ4v) is 3.77. The van der Waals surface area contributed by atoms with Gasteiger partial charge in [0.2, 0.25) is 0 Å². The maximum atomic E-state index is 6.24. The third-order valence-electron chi connectivity index (χ3n) is 4.77. The molecule has 0 aliphatic heterocycles. The van der Waals surface area contributed by atoms with Crippen molar-refractivity contribution in [1.82, 2.24) is 0 Å². The second kappa shape index (κ2) is 6.15. The van der Waals surface area contributed by atoms with Crippen LogP contribution in [0.4, 0.5) is 0 Å². The zero-order valence-electron chi connectivity index (χ0n) is 13.9. The van der Waals surface area contributed by atoms with Gasteiger partial charge in [-0.25, -0.2) is 0 Å². The number of rotatable bonds is 2. The molecule has 0 aliphatic rings. The number of hydrogen-bond donors (Lipinski definition) is 0. The van der Waals surface area contributed by atoms with E-state index < -0.39 is 0 Å². The van der Waals surface area contributed by atoms with E-state index in [1.165, 1.54) is 21.5 Å². The van der Waals surface area contributed by atoms with E-state index in [0.717, 1.165) is 27.1 Å². The van der Waals surface area contributed by atoms with Gasteiger partial charge in [0.1, 0.15) is 11.5 Å². The van der Waals surface area contributed by atoms with E-state index in [2.05, 4.69) is 88.7 Å². The van der Waals surface area contributed by atoms with Gasteiger partial charge in [0.15, 0.2) is 0 Å². The highest BCUT2D eigenvalue weighted by Gasteiger charge is 2.12. The number of fused-ring (bicyclic) bond motifs is 3. The minimum atomic E-state index is 0.879. The molecular formula is C24H15BrO. The van der Waals surface area contributed by atoms with Crippen molar-refractivity contribution in [2.75, 3.05) is 0 Å². The number of hydrogen-bond acceptors (Lipinski definition) is 1. The molecule has 0 fully saturated rings. The summed E-state index contributed by atoms with van der Waals surface area (Å²) < 4.78 is 7.30. The highest BCUT2D eigenvalue weighted by molar-refractivity contribution is 9.10. The lowest BCUT2D eigenvalue weighted by atomic mass is 9.96. The van der Waals surface area contributed by atoms with Gasteiger partial charge in [-0.3, -0.25) is 0 Å². The Morgan fingerprint density at radius 1 is 0.577 bits per heavy atom. The van der Waals surface area contributed by atoms with E-state index in [-0.39, 0.29) is 0 Å². The van der Waals surface area contributed by atoms with Crippen molar-refractivity contribution in [3.05, 3.63) is 95.5 Å². The van der Waals surface area contributed by atoms with Crippen LogP contribution in [0.2, 0.25) is 0 Å². The second-order valence-corrected chi connectivity index (χ2v) is 7.28. The van der Waals surface area contributed by atoms with E-state index in [4.69, 9.17) is 4.42 Å². The molecule has 0 radical (unpaired) electrons. The predicted molar refractivity (Wildman–Crippen MR) is 112 cm³/mol. The molecule has 0 amide bonds. The minimum absolute atomic E-state index is 0.879. The SMILES string of the molecule is Brc1ccc(-c2ccc(-c3cc4ccccc4c4ccccc34)o2)cc1. The number of furan rings is 1. The van der Waals surface area contributed by atoms with Gasteiger partial charge < -0.3 is 4.42 Å². The molecule has 1 aromatic heterocycles. The molecule has 1 nitrogen and oxygen atoms in total. The van der Waals surface area contributed by atoms with Crippen molar-refractivity contribution in [3.63, 3.8) is 0 Å². The zero-order valence-corrected chi connectivity index (χ0v) is 15.5. The molecular weight excluding hydrogens is 384 g/mol. The van der Waals surface area contributed by atoms with Crippen LogP contribution in [0.5, 0.6) is 0 Å². The highest BCUT2D eigenvalue weighted by Crippen LogP contribution is 2.37. The normalized spacial score (nSPS) is 11.3. The van der Waals surface area contributed by atoms with Crippen LogP contribution in [0, 0.1) is 0 Å². The summed E-state index contributed by atoms with van der Waals surface area (Å²) in [5.41, 5.74) is 2.20. The van der Waals surface area contributed by atoms with Gasteiger partial charge in [-0.1, -0.05) is 76.6 Å². The van der Waals surface area contributed by atoms with Crippen molar-refractivity contribution < 1.29 is 4.42 Å². The molecule has 4 aromatic carbocycles.